The molecule has 0 amide bonds. The second-order valence-electron chi connectivity index (χ2n) is 16.5. The third kappa shape index (κ3) is 7.26. The second kappa shape index (κ2) is 17.4. The largest absolute Gasteiger partial charge is 0.0984 e. The van der Waals surface area contributed by atoms with Crippen LogP contribution in [0.3, 0.4) is 0 Å². The molecule has 0 bridgehead atoms. The molecule has 9 aromatic rings. The Morgan fingerprint density at radius 3 is 2.03 bits per heavy atom. The average Bonchev–Trinajstić information content (AvgIpc) is 3.28. The van der Waals surface area contributed by atoms with E-state index in [0.717, 1.165) is 19.3 Å². The summed E-state index contributed by atoms with van der Waals surface area (Å²) in [5.74, 6) is 0.463. The summed E-state index contributed by atoms with van der Waals surface area (Å²) in [7, 11) is 0. The molecule has 1 atom stereocenters. The summed E-state index contributed by atoms with van der Waals surface area (Å²) in [5.41, 5.74) is 10.6. The van der Waals surface area contributed by atoms with E-state index in [1.165, 1.54) is 115 Å². The highest BCUT2D eigenvalue weighted by Crippen LogP contribution is 2.45. The molecule has 0 nitrogen and oxygen atoms in total. The Balaban J connectivity index is 0.00000121. The van der Waals surface area contributed by atoms with Crippen molar-refractivity contribution in [2.24, 2.45) is 5.92 Å². The van der Waals surface area contributed by atoms with Crippen LogP contribution in [0.4, 0.5) is 0 Å². The fourth-order valence-electron chi connectivity index (χ4n) is 9.61. The predicted molar refractivity (Wildman–Crippen MR) is 266 cm³/mol. The molecule has 296 valence electrons. The Labute approximate surface area is 356 Å². The van der Waals surface area contributed by atoms with Crippen LogP contribution in [0.15, 0.2) is 183 Å². The van der Waals surface area contributed by atoms with E-state index in [1.54, 1.807) is 0 Å². The lowest BCUT2D eigenvalue weighted by atomic mass is 9.81. The number of hydrogen-bond acceptors (Lipinski definition) is 0. The Kier molecular flexibility index (Phi) is 11.7. The lowest BCUT2D eigenvalue weighted by Gasteiger charge is -2.22. The van der Waals surface area contributed by atoms with Crippen molar-refractivity contribution in [3.8, 4) is 11.1 Å². The van der Waals surface area contributed by atoms with Crippen molar-refractivity contribution in [2.75, 3.05) is 0 Å². The summed E-state index contributed by atoms with van der Waals surface area (Å²) in [5, 5.41) is 15.6. The van der Waals surface area contributed by atoms with Crippen molar-refractivity contribution < 1.29 is 0 Å². The van der Waals surface area contributed by atoms with Gasteiger partial charge in [-0.25, -0.2) is 0 Å². The molecule has 0 saturated heterocycles. The van der Waals surface area contributed by atoms with Crippen LogP contribution in [0.1, 0.15) is 63.3 Å². The van der Waals surface area contributed by atoms with Gasteiger partial charge in [-0.3, -0.25) is 0 Å². The molecule has 9 aromatic carbocycles. The van der Waals surface area contributed by atoms with E-state index in [4.69, 9.17) is 0 Å². The molecule has 0 aliphatic heterocycles. The topological polar surface area (TPSA) is 0 Å². The molecule has 1 aliphatic rings. The lowest BCUT2D eigenvalue weighted by molar-refractivity contribution is 0.578. The van der Waals surface area contributed by atoms with Crippen LogP contribution in [-0.2, 0) is 12.8 Å². The lowest BCUT2D eigenvalue weighted by Crippen LogP contribution is -2.28. The highest BCUT2D eigenvalue weighted by Gasteiger charge is 2.21. The van der Waals surface area contributed by atoms with Crippen molar-refractivity contribution >= 4 is 65.0 Å². The van der Waals surface area contributed by atoms with E-state index in [0.29, 0.717) is 5.92 Å². The fraction of sp³-hybridized carbons (Fsp3) is 0.167. The van der Waals surface area contributed by atoms with Gasteiger partial charge in [-0.05, 0) is 153 Å². The molecule has 0 N–H and O–H groups in total. The Hall–Kier alpha value is -6.50. The number of aryl methyl sites for hydroxylation is 1. The van der Waals surface area contributed by atoms with Crippen molar-refractivity contribution in [3.05, 3.63) is 215 Å². The van der Waals surface area contributed by atoms with E-state index < -0.39 is 0 Å². The summed E-state index contributed by atoms with van der Waals surface area (Å²) in [4.78, 5) is 0. The number of allylic oxidation sites excluding steroid dienone is 5. The van der Waals surface area contributed by atoms with Gasteiger partial charge in [0, 0.05) is 0 Å². The minimum Gasteiger partial charge on any atom is -0.0984 e. The molecular weight excluding hydrogens is 721 g/mol. The molecule has 0 fully saturated rings. The third-order valence-corrected chi connectivity index (χ3v) is 12.3. The average molecular weight is 777 g/mol. The van der Waals surface area contributed by atoms with Crippen LogP contribution < -0.4 is 10.4 Å². The fourth-order valence-corrected chi connectivity index (χ4v) is 9.61. The number of fused-ring (bicyclic) bond motifs is 3. The smallest absolute Gasteiger partial charge is 0.00176 e. The zero-order chi connectivity index (χ0) is 40.5. The molecule has 0 saturated carbocycles. The van der Waals surface area contributed by atoms with Gasteiger partial charge in [0.2, 0.25) is 0 Å². The summed E-state index contributed by atoms with van der Waals surface area (Å²) >= 11 is 0. The summed E-state index contributed by atoms with van der Waals surface area (Å²) in [6, 6.07) is 54.7. The van der Waals surface area contributed by atoms with Crippen LogP contribution in [-0.4, -0.2) is 0 Å². The maximum Gasteiger partial charge on any atom is -0.00176 e. The minimum absolute atomic E-state index is 0. The molecule has 1 unspecified atom stereocenters. The summed E-state index contributed by atoms with van der Waals surface area (Å²) in [6.45, 7) is 13.3. The second-order valence-corrected chi connectivity index (χ2v) is 16.5. The van der Waals surface area contributed by atoms with E-state index >= 15 is 0 Å². The third-order valence-electron chi connectivity index (χ3n) is 12.3. The highest BCUT2D eigenvalue weighted by molar-refractivity contribution is 6.29. The van der Waals surface area contributed by atoms with Crippen LogP contribution in [0.2, 0.25) is 0 Å². The molecule has 0 radical (unpaired) electrons. The van der Waals surface area contributed by atoms with E-state index in [-0.39, 0.29) is 7.43 Å². The van der Waals surface area contributed by atoms with Gasteiger partial charge >= 0.3 is 0 Å². The standard InChI is InChI=1S/C56H44.C3H8.CH4/c1-4-43(47-23-13-12-21-44(47)38-17-6-5-7-18-38)50-28-26-39-27-29-52-54(53-34-41-20-10-11-22-45(41)48-24-14-15-25-49(48)53)35-42(46-30-31-51(50)55(39)56(46)52)33-36(2)32-40-19-9-8-16-37(40)3;1-3-2;/h4-17,19-31,34-36H,1,18,32-33H2,2-3H3;3H2,1-2H3;1H4/b44-38-,47-43+;;. The molecule has 10 rings (SSSR count). The summed E-state index contributed by atoms with van der Waals surface area (Å²) in [6.07, 6.45) is 15.1. The van der Waals surface area contributed by atoms with Crippen molar-refractivity contribution in [3.63, 3.8) is 0 Å². The number of rotatable bonds is 7. The van der Waals surface area contributed by atoms with Crippen LogP contribution in [0.5, 0.6) is 0 Å². The molecule has 0 heteroatoms. The van der Waals surface area contributed by atoms with Gasteiger partial charge in [0.25, 0.3) is 0 Å². The molecular formula is C60H56. The molecule has 0 aromatic heterocycles. The Morgan fingerprint density at radius 1 is 0.600 bits per heavy atom. The molecule has 0 heterocycles. The van der Waals surface area contributed by atoms with Gasteiger partial charge in [-0.15, -0.1) is 0 Å². The maximum absolute atomic E-state index is 4.43. The first-order valence-electron chi connectivity index (χ1n) is 21.5. The molecule has 0 spiro atoms. The van der Waals surface area contributed by atoms with Crippen molar-refractivity contribution in [2.45, 2.75) is 60.8 Å². The SMILES string of the molecule is C.C=C/C(c1ccc2ccc3c(-c4cc5ccccc5c5ccccc45)cc(CC(C)Cc4ccccc4C)c4ccc1c2c43)=c1/cccc/c1=C1\C=CC=CC1.CCC. The normalized spacial score (nSPS) is 14.3. The van der Waals surface area contributed by atoms with Gasteiger partial charge in [0.05, 0.1) is 0 Å². The quantitative estimate of drug-likeness (QED) is 0.141. The van der Waals surface area contributed by atoms with Crippen LogP contribution >= 0.6 is 0 Å². The van der Waals surface area contributed by atoms with Crippen LogP contribution in [0.25, 0.3) is 76.1 Å². The van der Waals surface area contributed by atoms with Gasteiger partial charge in [0.1, 0.15) is 0 Å². The zero-order valence-electron chi connectivity index (χ0n) is 34.9. The first kappa shape index (κ1) is 40.3. The van der Waals surface area contributed by atoms with Gasteiger partial charge in [-0.2, -0.15) is 0 Å². The monoisotopic (exact) mass is 776 g/mol. The maximum atomic E-state index is 4.43. The van der Waals surface area contributed by atoms with Crippen LogP contribution in [0, 0.1) is 12.8 Å². The Bertz CT molecular complexity index is 3220. The summed E-state index contributed by atoms with van der Waals surface area (Å²) < 4.78 is 0. The highest BCUT2D eigenvalue weighted by atomic mass is 14.2. The first-order valence-corrected chi connectivity index (χ1v) is 21.5. The number of benzene rings is 9. The molecule has 1 aliphatic carbocycles. The van der Waals surface area contributed by atoms with E-state index in [2.05, 4.69) is 210 Å². The van der Waals surface area contributed by atoms with Gasteiger partial charge < -0.3 is 0 Å². The first-order chi connectivity index (χ1) is 29.0. The van der Waals surface area contributed by atoms with Gasteiger partial charge in [-0.1, -0.05) is 205 Å². The van der Waals surface area contributed by atoms with Gasteiger partial charge in [0.15, 0.2) is 0 Å². The van der Waals surface area contributed by atoms with Crippen molar-refractivity contribution in [1.29, 1.82) is 0 Å². The predicted octanol–water partition coefficient (Wildman–Crippen LogP) is 15.4. The number of hydrogen-bond donors (Lipinski definition) is 0. The minimum atomic E-state index is 0. The Morgan fingerprint density at radius 2 is 1.25 bits per heavy atom. The van der Waals surface area contributed by atoms with E-state index in [9.17, 15) is 0 Å². The zero-order valence-corrected chi connectivity index (χ0v) is 34.9. The van der Waals surface area contributed by atoms with Crippen molar-refractivity contribution in [1.82, 2.24) is 0 Å². The van der Waals surface area contributed by atoms with E-state index in [1.807, 2.05) is 0 Å². The molecule has 60 heavy (non-hydrogen) atoms.